The summed E-state index contributed by atoms with van der Waals surface area (Å²) in [5, 5.41) is 15.8. The SMILES string of the molecule is C[C@@]1(Cc2ccc(-c3cnc(C#N)nc3)cc2)C(=O)N(c2cc(Cl)cc(Cl)c2)c2ncc(C(=O)NC3(C(=O)NC4(c5cc(CNS(C)(=O)=O)ccn5)CC4)CC3)n21. The van der Waals surface area contributed by atoms with Crippen molar-refractivity contribution in [3.8, 4) is 17.2 Å². The molecule has 18 heteroatoms. The summed E-state index contributed by atoms with van der Waals surface area (Å²) in [6.45, 7) is 1.81. The molecule has 2 fully saturated rings. The van der Waals surface area contributed by atoms with Crippen LogP contribution in [0.5, 0.6) is 0 Å². The number of benzene rings is 2. The van der Waals surface area contributed by atoms with E-state index in [2.05, 4.69) is 35.3 Å². The molecule has 2 aromatic carbocycles. The lowest BCUT2D eigenvalue weighted by Gasteiger charge is -2.27. The average Bonchev–Trinajstić information content (AvgIpc) is 4.09. The Balaban J connectivity index is 1.07. The van der Waals surface area contributed by atoms with Gasteiger partial charge in [-0.25, -0.2) is 33.0 Å². The van der Waals surface area contributed by atoms with Crippen molar-refractivity contribution in [1.82, 2.24) is 39.9 Å². The number of rotatable bonds is 12. The summed E-state index contributed by atoms with van der Waals surface area (Å²) in [4.78, 5) is 61.4. The first-order valence-corrected chi connectivity index (χ1v) is 20.5. The van der Waals surface area contributed by atoms with Crippen LogP contribution in [0.3, 0.4) is 0 Å². The molecule has 0 saturated heterocycles. The van der Waals surface area contributed by atoms with E-state index in [-0.39, 0.29) is 42.2 Å². The molecule has 3 amide bonds. The van der Waals surface area contributed by atoms with Gasteiger partial charge in [0.1, 0.15) is 22.8 Å². The summed E-state index contributed by atoms with van der Waals surface area (Å²) in [5.41, 5.74) is 0.722. The predicted octanol–water partition coefficient (Wildman–Crippen LogP) is 4.67. The molecule has 3 N–H and O–H groups in total. The van der Waals surface area contributed by atoms with Crippen LogP contribution in [-0.4, -0.2) is 62.4 Å². The third-order valence-corrected chi connectivity index (χ3v) is 11.6. The highest BCUT2D eigenvalue weighted by atomic mass is 35.5. The van der Waals surface area contributed by atoms with Gasteiger partial charge in [-0.1, -0.05) is 47.5 Å². The van der Waals surface area contributed by atoms with E-state index in [4.69, 9.17) is 28.5 Å². The number of carbonyl (C=O) groups is 3. The largest absolute Gasteiger partial charge is 0.343 e. The highest BCUT2D eigenvalue weighted by Crippen LogP contribution is 2.48. The number of amides is 3. The second-order valence-corrected chi connectivity index (χ2v) is 17.5. The number of imidazole rings is 1. The number of sulfonamides is 1. The summed E-state index contributed by atoms with van der Waals surface area (Å²) in [6.07, 6.45) is 9.37. The highest BCUT2D eigenvalue weighted by molar-refractivity contribution is 7.88. The van der Waals surface area contributed by atoms with Gasteiger partial charge in [0, 0.05) is 47.2 Å². The number of carbonyl (C=O) groups excluding carboxylic acids is 3. The molecule has 4 heterocycles. The van der Waals surface area contributed by atoms with Gasteiger partial charge in [-0.15, -0.1) is 0 Å². The van der Waals surface area contributed by atoms with Crippen LogP contribution in [0.15, 0.2) is 79.4 Å². The van der Waals surface area contributed by atoms with Gasteiger partial charge in [-0.05, 0) is 79.6 Å². The molecule has 2 saturated carbocycles. The van der Waals surface area contributed by atoms with Gasteiger partial charge in [0.05, 0.1) is 29.4 Å². The number of anilines is 2. The summed E-state index contributed by atoms with van der Waals surface area (Å²) in [7, 11) is -3.41. The monoisotopic (exact) mass is 824 g/mol. The molecular formula is C39H34Cl2N10O5S. The zero-order valence-electron chi connectivity index (χ0n) is 30.6. The molecular weight excluding hydrogens is 791 g/mol. The van der Waals surface area contributed by atoms with Gasteiger partial charge < -0.3 is 10.6 Å². The Morgan fingerprint density at radius 2 is 1.56 bits per heavy atom. The molecule has 0 radical (unpaired) electrons. The molecule has 3 aromatic heterocycles. The lowest BCUT2D eigenvalue weighted by molar-refractivity contribution is -0.125. The lowest BCUT2D eigenvalue weighted by atomic mass is 9.90. The average molecular weight is 826 g/mol. The van der Waals surface area contributed by atoms with Gasteiger partial charge in [0.25, 0.3) is 11.8 Å². The zero-order chi connectivity index (χ0) is 40.3. The smallest absolute Gasteiger partial charge is 0.270 e. The van der Waals surface area contributed by atoms with Gasteiger partial charge in [-0.3, -0.25) is 23.9 Å². The minimum absolute atomic E-state index is 0.0611. The van der Waals surface area contributed by atoms with E-state index in [0.29, 0.717) is 58.2 Å². The third kappa shape index (κ3) is 7.35. The molecule has 290 valence electrons. The van der Waals surface area contributed by atoms with E-state index < -0.39 is 32.5 Å². The van der Waals surface area contributed by atoms with Gasteiger partial charge in [0.15, 0.2) is 0 Å². The molecule has 1 aliphatic heterocycles. The number of hydrogen-bond acceptors (Lipinski definition) is 10. The zero-order valence-corrected chi connectivity index (χ0v) is 32.9. The van der Waals surface area contributed by atoms with Crippen LogP contribution in [0, 0.1) is 11.3 Å². The van der Waals surface area contributed by atoms with E-state index in [9.17, 15) is 22.8 Å². The Bertz CT molecular complexity index is 2600. The predicted molar refractivity (Wildman–Crippen MR) is 210 cm³/mol. The van der Waals surface area contributed by atoms with E-state index in [1.54, 1.807) is 60.4 Å². The van der Waals surface area contributed by atoms with E-state index in [1.165, 1.54) is 11.1 Å². The summed E-state index contributed by atoms with van der Waals surface area (Å²) < 4.78 is 27.4. The second-order valence-electron chi connectivity index (χ2n) is 14.8. The second kappa shape index (κ2) is 14.0. The number of fused-ring (bicyclic) bond motifs is 1. The van der Waals surface area contributed by atoms with Crippen molar-refractivity contribution in [3.05, 3.63) is 118 Å². The van der Waals surface area contributed by atoms with Crippen LogP contribution in [0.1, 0.15) is 65.7 Å². The molecule has 2 aliphatic carbocycles. The van der Waals surface area contributed by atoms with Gasteiger partial charge >= 0.3 is 0 Å². The van der Waals surface area contributed by atoms with Crippen molar-refractivity contribution in [1.29, 1.82) is 5.26 Å². The van der Waals surface area contributed by atoms with Gasteiger partial charge in [0.2, 0.25) is 27.7 Å². The van der Waals surface area contributed by atoms with E-state index in [0.717, 1.165) is 17.4 Å². The molecule has 0 unspecified atom stereocenters. The van der Waals surface area contributed by atoms with Crippen molar-refractivity contribution >= 4 is 62.6 Å². The van der Waals surface area contributed by atoms with Crippen LogP contribution in [0.25, 0.3) is 11.1 Å². The number of nitrogens with zero attached hydrogens (tertiary/aromatic N) is 7. The maximum atomic E-state index is 14.6. The topological polar surface area (TPSA) is 205 Å². The van der Waals surface area contributed by atoms with Crippen molar-refractivity contribution < 1.29 is 22.8 Å². The van der Waals surface area contributed by atoms with Crippen LogP contribution in [0.4, 0.5) is 11.6 Å². The fraction of sp³-hybridized carbons (Fsp3) is 0.282. The fourth-order valence-corrected chi connectivity index (χ4v) is 8.10. The van der Waals surface area contributed by atoms with Crippen LogP contribution in [-0.2, 0) is 43.7 Å². The summed E-state index contributed by atoms with van der Waals surface area (Å²) in [6, 6.07) is 17.6. The normalized spacial score (nSPS) is 18.7. The number of aromatic nitrogens is 5. The Kier molecular flexibility index (Phi) is 9.39. The molecule has 5 aromatic rings. The van der Waals surface area contributed by atoms with Crippen molar-refractivity contribution in [2.75, 3.05) is 11.2 Å². The van der Waals surface area contributed by atoms with E-state index in [1.807, 2.05) is 30.3 Å². The summed E-state index contributed by atoms with van der Waals surface area (Å²) in [5.74, 6) is -1.08. The number of nitriles is 1. The van der Waals surface area contributed by atoms with Crippen LogP contribution >= 0.6 is 23.2 Å². The Morgan fingerprint density at radius 1 is 0.877 bits per heavy atom. The van der Waals surface area contributed by atoms with Crippen LogP contribution < -0.4 is 20.3 Å². The molecule has 3 aliphatic rings. The highest BCUT2D eigenvalue weighted by Gasteiger charge is 2.57. The molecule has 15 nitrogen and oxygen atoms in total. The first-order valence-electron chi connectivity index (χ1n) is 17.9. The molecule has 0 bridgehead atoms. The minimum Gasteiger partial charge on any atom is -0.343 e. The first-order chi connectivity index (χ1) is 27.1. The molecule has 8 rings (SSSR count). The Labute approximate surface area is 337 Å². The third-order valence-electron chi connectivity index (χ3n) is 10.5. The Morgan fingerprint density at radius 3 is 2.18 bits per heavy atom. The number of hydrogen-bond donors (Lipinski definition) is 3. The lowest BCUT2D eigenvalue weighted by Crippen LogP contribution is -2.52. The molecule has 57 heavy (non-hydrogen) atoms. The van der Waals surface area contributed by atoms with Gasteiger partial charge in [-0.2, -0.15) is 5.26 Å². The molecule has 1 atom stereocenters. The summed E-state index contributed by atoms with van der Waals surface area (Å²) >= 11 is 12.7. The van der Waals surface area contributed by atoms with Crippen molar-refractivity contribution in [2.24, 2.45) is 0 Å². The number of halogens is 2. The van der Waals surface area contributed by atoms with Crippen LogP contribution in [0.2, 0.25) is 10.0 Å². The van der Waals surface area contributed by atoms with E-state index >= 15 is 0 Å². The maximum Gasteiger partial charge on any atom is 0.270 e. The quantitative estimate of drug-likeness (QED) is 0.159. The first kappa shape index (κ1) is 38.2. The Hall–Kier alpha value is -5.73. The standard InChI is InChI=1S/C39H34Cl2N10O5S/c1-37(17-23-3-5-25(6-4-23)26-20-44-32(18-42)45-21-26)35(54)50(29-15-27(40)14-28(41)16-29)36-46-22-30(51(36)37)33(52)48-39(10-11-39)34(53)49-38(8-9-38)31-13-24(7-12-43-31)19-47-57(2,55)56/h3-7,12-16,20-22,47H,8-11,17,19H2,1-2H3,(H,48,52)(H,49,53)/t37-/m1/s1. The number of pyridine rings is 1. The van der Waals surface area contributed by atoms with Crippen molar-refractivity contribution in [2.45, 2.75) is 62.2 Å². The number of nitrogens with one attached hydrogen (secondary N) is 3. The molecule has 0 spiro atoms. The minimum atomic E-state index is -3.41. The fourth-order valence-electron chi connectivity index (χ4n) is 7.16. The maximum absolute atomic E-state index is 14.6. The van der Waals surface area contributed by atoms with Crippen molar-refractivity contribution in [3.63, 3.8) is 0 Å².